The average Bonchev–Trinajstić information content (AvgIpc) is 2.77. The molecule has 0 bridgehead atoms. The molecule has 29 heavy (non-hydrogen) atoms. The van der Waals surface area contributed by atoms with Crippen LogP contribution < -0.4 is 10.2 Å². The Labute approximate surface area is 172 Å². The number of carbonyl (C=O) groups is 2. The number of benzene rings is 3. The summed E-state index contributed by atoms with van der Waals surface area (Å²) in [5, 5.41) is 2.89. The Balaban J connectivity index is 1.81. The van der Waals surface area contributed by atoms with E-state index >= 15 is 0 Å². The van der Waals surface area contributed by atoms with Gasteiger partial charge < -0.3 is 10.2 Å². The van der Waals surface area contributed by atoms with Crippen molar-refractivity contribution in [2.45, 2.75) is 20.4 Å². The summed E-state index contributed by atoms with van der Waals surface area (Å²) in [6.07, 6.45) is 0. The lowest BCUT2D eigenvalue weighted by Gasteiger charge is -2.23. The summed E-state index contributed by atoms with van der Waals surface area (Å²) in [6.45, 7) is 5.19. The van der Waals surface area contributed by atoms with Crippen molar-refractivity contribution in [1.29, 1.82) is 0 Å². The number of hydrogen-bond acceptors (Lipinski definition) is 2. The van der Waals surface area contributed by atoms with Crippen LogP contribution in [0, 0.1) is 5.92 Å². The van der Waals surface area contributed by atoms with Crippen LogP contribution in [0.1, 0.15) is 40.1 Å². The fourth-order valence-corrected chi connectivity index (χ4v) is 2.97. The average molecular weight is 386 g/mol. The molecule has 1 N–H and O–H groups in total. The van der Waals surface area contributed by atoms with Crippen molar-refractivity contribution in [2.24, 2.45) is 5.92 Å². The van der Waals surface area contributed by atoms with Gasteiger partial charge >= 0.3 is 0 Å². The van der Waals surface area contributed by atoms with Crippen molar-refractivity contribution >= 4 is 17.5 Å². The topological polar surface area (TPSA) is 49.4 Å². The Morgan fingerprint density at radius 2 is 1.34 bits per heavy atom. The minimum atomic E-state index is -0.123. The molecule has 3 rings (SSSR count). The smallest absolute Gasteiger partial charge is 0.258 e. The minimum Gasteiger partial charge on any atom is -0.352 e. The van der Waals surface area contributed by atoms with Crippen LogP contribution in [0.15, 0.2) is 84.9 Å². The van der Waals surface area contributed by atoms with Crippen LogP contribution in [0.25, 0.3) is 0 Å². The van der Waals surface area contributed by atoms with Gasteiger partial charge in [-0.1, -0.05) is 62.4 Å². The van der Waals surface area contributed by atoms with E-state index in [4.69, 9.17) is 0 Å². The number of nitrogens with one attached hydrogen (secondary N) is 1. The third-order valence-electron chi connectivity index (χ3n) is 4.56. The second kappa shape index (κ2) is 9.69. The molecule has 2 amide bonds. The predicted molar refractivity (Wildman–Crippen MR) is 117 cm³/mol. The zero-order valence-corrected chi connectivity index (χ0v) is 16.8. The monoisotopic (exact) mass is 386 g/mol. The van der Waals surface area contributed by atoms with Gasteiger partial charge in [-0.3, -0.25) is 9.59 Å². The van der Waals surface area contributed by atoms with Gasteiger partial charge in [-0.15, -0.1) is 0 Å². The van der Waals surface area contributed by atoms with Crippen LogP contribution in [0.5, 0.6) is 0 Å². The number of carbonyl (C=O) groups excluding carboxylic acids is 2. The minimum absolute atomic E-state index is 0.103. The molecule has 0 spiro atoms. The fourth-order valence-electron chi connectivity index (χ4n) is 2.97. The first kappa shape index (κ1) is 20.3. The second-order valence-corrected chi connectivity index (χ2v) is 7.39. The van der Waals surface area contributed by atoms with Gasteiger partial charge in [0, 0.05) is 23.4 Å². The molecule has 3 aromatic carbocycles. The predicted octanol–water partition coefficient (Wildman–Crippen LogP) is 4.92. The van der Waals surface area contributed by atoms with E-state index in [2.05, 4.69) is 5.32 Å². The van der Waals surface area contributed by atoms with Gasteiger partial charge in [-0.25, -0.2) is 0 Å². The summed E-state index contributed by atoms with van der Waals surface area (Å²) in [5.41, 5.74) is 2.98. The maximum absolute atomic E-state index is 13.3. The molecule has 0 saturated heterocycles. The molecule has 0 aliphatic carbocycles. The van der Waals surface area contributed by atoms with Crippen molar-refractivity contribution in [3.05, 3.63) is 102 Å². The molecule has 0 atom stereocenters. The SMILES string of the molecule is CC(C)CNC(=O)c1ccc(C(=O)N(Cc2ccccc2)c2ccccc2)cc1. The summed E-state index contributed by atoms with van der Waals surface area (Å²) >= 11 is 0. The molecule has 0 aromatic heterocycles. The summed E-state index contributed by atoms with van der Waals surface area (Å²) in [5.74, 6) is 0.160. The maximum Gasteiger partial charge on any atom is 0.258 e. The number of amides is 2. The van der Waals surface area contributed by atoms with Crippen molar-refractivity contribution < 1.29 is 9.59 Å². The van der Waals surface area contributed by atoms with E-state index in [1.165, 1.54) is 0 Å². The van der Waals surface area contributed by atoms with E-state index in [1.807, 2.05) is 74.5 Å². The number of anilines is 1. The molecular weight excluding hydrogens is 360 g/mol. The first-order valence-corrected chi connectivity index (χ1v) is 9.83. The van der Waals surface area contributed by atoms with E-state index in [1.54, 1.807) is 29.2 Å². The molecule has 0 heterocycles. The molecule has 0 aliphatic heterocycles. The van der Waals surface area contributed by atoms with Gasteiger partial charge in [0.25, 0.3) is 11.8 Å². The molecule has 148 valence electrons. The fraction of sp³-hybridized carbons (Fsp3) is 0.200. The lowest BCUT2D eigenvalue weighted by molar-refractivity contribution is 0.0945. The summed E-state index contributed by atoms with van der Waals surface area (Å²) in [7, 11) is 0. The highest BCUT2D eigenvalue weighted by atomic mass is 16.2. The van der Waals surface area contributed by atoms with Gasteiger partial charge in [0.05, 0.1) is 6.54 Å². The second-order valence-electron chi connectivity index (χ2n) is 7.39. The number of rotatable bonds is 7. The Morgan fingerprint density at radius 3 is 1.93 bits per heavy atom. The van der Waals surface area contributed by atoms with Gasteiger partial charge in [0.2, 0.25) is 0 Å². The van der Waals surface area contributed by atoms with Gasteiger partial charge in [-0.2, -0.15) is 0 Å². The van der Waals surface area contributed by atoms with Crippen LogP contribution in [0.4, 0.5) is 5.69 Å². The molecule has 0 saturated carbocycles. The summed E-state index contributed by atoms with van der Waals surface area (Å²) in [4.78, 5) is 27.2. The van der Waals surface area contributed by atoms with E-state index in [-0.39, 0.29) is 11.8 Å². The third-order valence-corrected chi connectivity index (χ3v) is 4.56. The van der Waals surface area contributed by atoms with E-state index in [0.717, 1.165) is 11.3 Å². The number of para-hydroxylation sites is 1. The summed E-state index contributed by atoms with van der Waals surface area (Å²) < 4.78 is 0. The lowest BCUT2D eigenvalue weighted by Crippen LogP contribution is -2.30. The van der Waals surface area contributed by atoms with Crippen molar-refractivity contribution in [2.75, 3.05) is 11.4 Å². The number of hydrogen-bond donors (Lipinski definition) is 1. The molecule has 4 nitrogen and oxygen atoms in total. The Morgan fingerprint density at radius 1 is 0.793 bits per heavy atom. The Kier molecular flexibility index (Phi) is 6.80. The first-order chi connectivity index (χ1) is 14.0. The first-order valence-electron chi connectivity index (χ1n) is 9.83. The molecule has 3 aromatic rings. The van der Waals surface area contributed by atoms with Crippen LogP contribution in [-0.2, 0) is 6.54 Å². The van der Waals surface area contributed by atoms with Crippen molar-refractivity contribution in [3.8, 4) is 0 Å². The van der Waals surface area contributed by atoms with Gasteiger partial charge in [0.15, 0.2) is 0 Å². The van der Waals surface area contributed by atoms with Crippen LogP contribution in [0.3, 0.4) is 0 Å². The zero-order valence-electron chi connectivity index (χ0n) is 16.8. The van der Waals surface area contributed by atoms with Gasteiger partial charge in [-0.05, 0) is 47.9 Å². The third kappa shape index (κ3) is 5.55. The van der Waals surface area contributed by atoms with E-state index in [0.29, 0.717) is 30.1 Å². The highest BCUT2D eigenvalue weighted by molar-refractivity contribution is 6.06. The lowest BCUT2D eigenvalue weighted by atomic mass is 10.1. The summed E-state index contributed by atoms with van der Waals surface area (Å²) in [6, 6.07) is 26.4. The zero-order chi connectivity index (χ0) is 20.6. The van der Waals surface area contributed by atoms with Crippen molar-refractivity contribution in [3.63, 3.8) is 0 Å². The maximum atomic E-state index is 13.3. The largest absolute Gasteiger partial charge is 0.352 e. The normalized spacial score (nSPS) is 10.6. The Bertz CT molecular complexity index is 936. The quantitative estimate of drug-likeness (QED) is 0.627. The van der Waals surface area contributed by atoms with Crippen LogP contribution in [0.2, 0.25) is 0 Å². The van der Waals surface area contributed by atoms with Crippen molar-refractivity contribution in [1.82, 2.24) is 5.32 Å². The molecular formula is C25H26N2O2. The number of nitrogens with zero attached hydrogens (tertiary/aromatic N) is 1. The molecule has 0 radical (unpaired) electrons. The van der Waals surface area contributed by atoms with Crippen LogP contribution >= 0.6 is 0 Å². The highest BCUT2D eigenvalue weighted by Gasteiger charge is 2.18. The standard InChI is InChI=1S/C25H26N2O2/c1-19(2)17-26-24(28)21-13-15-22(16-14-21)25(29)27(23-11-7-4-8-12-23)18-20-9-5-3-6-10-20/h3-16,19H,17-18H2,1-2H3,(H,26,28). The van der Waals surface area contributed by atoms with Crippen LogP contribution in [-0.4, -0.2) is 18.4 Å². The van der Waals surface area contributed by atoms with Gasteiger partial charge in [0.1, 0.15) is 0 Å². The Hall–Kier alpha value is -3.40. The molecule has 0 aliphatic rings. The van der Waals surface area contributed by atoms with E-state index < -0.39 is 0 Å². The van der Waals surface area contributed by atoms with E-state index in [9.17, 15) is 9.59 Å². The molecule has 0 fully saturated rings. The molecule has 0 unspecified atom stereocenters. The molecule has 4 heteroatoms. The highest BCUT2D eigenvalue weighted by Crippen LogP contribution is 2.20.